The van der Waals surface area contributed by atoms with Crippen LogP contribution in [0.15, 0.2) is 46.9 Å². The van der Waals surface area contributed by atoms with Gasteiger partial charge in [0.15, 0.2) is 23.0 Å². The first-order chi connectivity index (χ1) is 16.9. The van der Waals surface area contributed by atoms with Gasteiger partial charge in [0.1, 0.15) is 17.2 Å². The standard InChI is InChI=1S/C24H26N6O5/c1-5-34-19-11-10-15(12-20(19)33-4)24-27-17(14(2)35-24)13-30-22(25)21(28-29-30)23(31)26-16-8-6-7-9-18(16)32-3/h6-12H,5,13,25H2,1-4H3,(H,26,31). The summed E-state index contributed by atoms with van der Waals surface area (Å²) in [5.74, 6) is 2.32. The molecule has 0 aliphatic rings. The van der Waals surface area contributed by atoms with Crippen molar-refractivity contribution in [2.45, 2.75) is 20.4 Å². The first-order valence-corrected chi connectivity index (χ1v) is 10.9. The van der Waals surface area contributed by atoms with Gasteiger partial charge in [-0.1, -0.05) is 17.3 Å². The molecule has 0 fully saturated rings. The molecule has 0 aliphatic carbocycles. The van der Waals surface area contributed by atoms with Gasteiger partial charge in [-0.3, -0.25) is 4.79 Å². The fraction of sp³-hybridized carbons (Fsp3) is 0.250. The molecule has 4 aromatic rings. The lowest BCUT2D eigenvalue weighted by Gasteiger charge is -2.09. The van der Waals surface area contributed by atoms with E-state index in [2.05, 4.69) is 20.6 Å². The van der Waals surface area contributed by atoms with E-state index in [1.807, 2.05) is 13.0 Å². The molecule has 2 aromatic heterocycles. The molecule has 3 N–H and O–H groups in total. The Morgan fingerprint density at radius 3 is 2.63 bits per heavy atom. The SMILES string of the molecule is CCOc1ccc(-c2nc(Cn3nnc(C(=O)Nc4ccccc4OC)c3N)c(C)o2)cc1OC. The predicted molar refractivity (Wildman–Crippen MR) is 129 cm³/mol. The molecule has 182 valence electrons. The summed E-state index contributed by atoms with van der Waals surface area (Å²) < 4.78 is 23.5. The zero-order chi connectivity index (χ0) is 24.9. The third-order valence-corrected chi connectivity index (χ3v) is 5.25. The minimum absolute atomic E-state index is 0.00599. The minimum atomic E-state index is -0.503. The monoisotopic (exact) mass is 478 g/mol. The molecule has 35 heavy (non-hydrogen) atoms. The molecule has 2 heterocycles. The van der Waals surface area contributed by atoms with Crippen LogP contribution in [-0.2, 0) is 6.54 Å². The lowest BCUT2D eigenvalue weighted by Crippen LogP contribution is -2.16. The third kappa shape index (κ3) is 4.88. The van der Waals surface area contributed by atoms with Crippen LogP contribution in [0.2, 0.25) is 0 Å². The van der Waals surface area contributed by atoms with Crippen molar-refractivity contribution in [1.29, 1.82) is 0 Å². The number of aryl methyl sites for hydroxylation is 1. The largest absolute Gasteiger partial charge is 0.495 e. The maximum absolute atomic E-state index is 12.7. The molecule has 0 radical (unpaired) electrons. The van der Waals surface area contributed by atoms with Gasteiger partial charge >= 0.3 is 0 Å². The number of nitrogens with one attached hydrogen (secondary N) is 1. The van der Waals surface area contributed by atoms with Crippen LogP contribution in [0.3, 0.4) is 0 Å². The molecule has 11 nitrogen and oxygen atoms in total. The highest BCUT2D eigenvalue weighted by molar-refractivity contribution is 6.06. The highest BCUT2D eigenvalue weighted by Crippen LogP contribution is 2.33. The van der Waals surface area contributed by atoms with Gasteiger partial charge in [-0.15, -0.1) is 5.10 Å². The zero-order valence-electron chi connectivity index (χ0n) is 19.9. The van der Waals surface area contributed by atoms with Gasteiger partial charge in [0.05, 0.1) is 33.1 Å². The predicted octanol–water partition coefficient (Wildman–Crippen LogP) is 3.54. The number of aromatic nitrogens is 4. The quantitative estimate of drug-likeness (QED) is 0.370. The zero-order valence-corrected chi connectivity index (χ0v) is 19.9. The minimum Gasteiger partial charge on any atom is -0.495 e. The van der Waals surface area contributed by atoms with Crippen LogP contribution in [0.1, 0.15) is 28.9 Å². The number of nitrogen functional groups attached to an aromatic ring is 1. The molecule has 0 atom stereocenters. The second-order valence-corrected chi connectivity index (χ2v) is 7.46. The van der Waals surface area contributed by atoms with Gasteiger partial charge in [-0.25, -0.2) is 9.67 Å². The van der Waals surface area contributed by atoms with Gasteiger partial charge in [-0.05, 0) is 44.2 Å². The molecule has 2 aromatic carbocycles. The molecule has 0 spiro atoms. The number of benzene rings is 2. The van der Waals surface area contributed by atoms with E-state index in [1.165, 1.54) is 11.8 Å². The summed E-state index contributed by atoms with van der Waals surface area (Å²) in [5, 5.41) is 10.7. The Balaban J connectivity index is 1.54. The number of hydrogen-bond acceptors (Lipinski definition) is 9. The van der Waals surface area contributed by atoms with Crippen LogP contribution in [0.5, 0.6) is 17.2 Å². The van der Waals surface area contributed by atoms with Crippen molar-refractivity contribution in [3.63, 3.8) is 0 Å². The molecular weight excluding hydrogens is 452 g/mol. The normalized spacial score (nSPS) is 10.7. The number of nitrogens with zero attached hydrogens (tertiary/aromatic N) is 4. The van der Waals surface area contributed by atoms with E-state index in [9.17, 15) is 4.79 Å². The van der Waals surface area contributed by atoms with Crippen molar-refractivity contribution in [2.24, 2.45) is 0 Å². The van der Waals surface area contributed by atoms with Crippen LogP contribution >= 0.6 is 0 Å². The Morgan fingerprint density at radius 1 is 1.11 bits per heavy atom. The molecule has 4 rings (SSSR count). The summed E-state index contributed by atoms with van der Waals surface area (Å²) in [6, 6.07) is 12.5. The summed E-state index contributed by atoms with van der Waals surface area (Å²) in [7, 11) is 3.09. The molecule has 0 unspecified atom stereocenters. The van der Waals surface area contributed by atoms with Crippen LogP contribution in [0.4, 0.5) is 11.5 Å². The number of anilines is 2. The lowest BCUT2D eigenvalue weighted by molar-refractivity contribution is 0.102. The number of carbonyl (C=O) groups excluding carboxylic acids is 1. The summed E-state index contributed by atoms with van der Waals surface area (Å²) in [6.45, 7) is 4.39. The Morgan fingerprint density at radius 2 is 1.89 bits per heavy atom. The summed E-state index contributed by atoms with van der Waals surface area (Å²) in [4.78, 5) is 17.3. The van der Waals surface area contributed by atoms with Crippen molar-refractivity contribution in [2.75, 3.05) is 31.9 Å². The van der Waals surface area contributed by atoms with E-state index >= 15 is 0 Å². The highest BCUT2D eigenvalue weighted by Gasteiger charge is 2.21. The van der Waals surface area contributed by atoms with Crippen molar-refractivity contribution < 1.29 is 23.4 Å². The van der Waals surface area contributed by atoms with E-state index < -0.39 is 5.91 Å². The number of para-hydroxylation sites is 2. The van der Waals surface area contributed by atoms with Gasteiger partial charge in [0.25, 0.3) is 5.91 Å². The molecule has 0 saturated heterocycles. The van der Waals surface area contributed by atoms with Crippen molar-refractivity contribution in [1.82, 2.24) is 20.0 Å². The van der Waals surface area contributed by atoms with Crippen LogP contribution in [0, 0.1) is 6.92 Å². The van der Waals surface area contributed by atoms with Gasteiger partial charge in [0.2, 0.25) is 5.89 Å². The number of oxazole rings is 1. The van der Waals surface area contributed by atoms with E-state index in [-0.39, 0.29) is 18.1 Å². The number of ether oxygens (including phenoxy) is 3. The number of methoxy groups -OCH3 is 2. The molecule has 1 amide bonds. The Labute approximate surface area is 201 Å². The van der Waals surface area contributed by atoms with Crippen LogP contribution in [-0.4, -0.2) is 46.7 Å². The summed E-state index contributed by atoms with van der Waals surface area (Å²) in [6.07, 6.45) is 0. The van der Waals surface area contributed by atoms with Crippen molar-refractivity contribution >= 4 is 17.4 Å². The van der Waals surface area contributed by atoms with Gasteiger partial charge in [-0.2, -0.15) is 0 Å². The molecule has 11 heteroatoms. The van der Waals surface area contributed by atoms with E-state index in [4.69, 9.17) is 24.4 Å². The molecule has 0 saturated carbocycles. The Kier molecular flexibility index (Phi) is 6.86. The second-order valence-electron chi connectivity index (χ2n) is 7.46. The Bertz CT molecular complexity index is 1350. The number of amides is 1. The fourth-order valence-corrected chi connectivity index (χ4v) is 3.44. The molecule has 0 aliphatic heterocycles. The topological polar surface area (TPSA) is 140 Å². The Hall–Kier alpha value is -4.54. The first kappa shape index (κ1) is 23.6. The van der Waals surface area contributed by atoms with Crippen LogP contribution < -0.4 is 25.3 Å². The average Bonchev–Trinajstić information content (AvgIpc) is 3.42. The van der Waals surface area contributed by atoms with Crippen molar-refractivity contribution in [3.05, 3.63) is 59.6 Å². The first-order valence-electron chi connectivity index (χ1n) is 10.9. The third-order valence-electron chi connectivity index (χ3n) is 5.25. The van der Waals surface area contributed by atoms with E-state index in [0.717, 1.165) is 5.56 Å². The number of nitrogens with two attached hydrogens (primary N) is 1. The van der Waals surface area contributed by atoms with E-state index in [0.29, 0.717) is 46.9 Å². The number of hydrogen-bond donors (Lipinski definition) is 2. The maximum Gasteiger partial charge on any atom is 0.280 e. The van der Waals surface area contributed by atoms with Gasteiger partial charge < -0.3 is 29.7 Å². The number of rotatable bonds is 9. The smallest absolute Gasteiger partial charge is 0.280 e. The molecular formula is C24H26N6O5. The summed E-state index contributed by atoms with van der Waals surface area (Å²) >= 11 is 0. The van der Waals surface area contributed by atoms with Gasteiger partial charge in [0, 0.05) is 5.56 Å². The van der Waals surface area contributed by atoms with Crippen LogP contribution in [0.25, 0.3) is 11.5 Å². The number of carbonyl (C=O) groups is 1. The van der Waals surface area contributed by atoms with E-state index in [1.54, 1.807) is 50.4 Å². The fourth-order valence-electron chi connectivity index (χ4n) is 3.44. The lowest BCUT2D eigenvalue weighted by atomic mass is 10.2. The second kappa shape index (κ2) is 10.2. The highest BCUT2D eigenvalue weighted by atomic mass is 16.5. The van der Waals surface area contributed by atoms with Crippen molar-refractivity contribution in [3.8, 4) is 28.7 Å². The molecule has 0 bridgehead atoms. The average molecular weight is 479 g/mol. The maximum atomic E-state index is 12.7. The summed E-state index contributed by atoms with van der Waals surface area (Å²) in [5.41, 5.74) is 8.00.